The predicted octanol–water partition coefficient (Wildman–Crippen LogP) is 3.25. The van der Waals surface area contributed by atoms with E-state index in [1.165, 1.54) is 12.8 Å². The summed E-state index contributed by atoms with van der Waals surface area (Å²) in [6, 6.07) is 7.42. The molecule has 0 aliphatic heterocycles. The molecule has 1 saturated carbocycles. The molecule has 1 aliphatic rings. The fourth-order valence-corrected chi connectivity index (χ4v) is 4.24. The molecule has 0 spiro atoms. The van der Waals surface area contributed by atoms with E-state index in [4.69, 9.17) is 4.98 Å². The van der Waals surface area contributed by atoms with Crippen LogP contribution in [0, 0.1) is 11.3 Å². The minimum Gasteiger partial charge on any atom is -0.335 e. The molecule has 1 aliphatic carbocycles. The third-order valence-electron chi connectivity index (χ3n) is 6.38. The molecule has 1 N–H and O–H groups in total. The molecule has 34 heavy (non-hydrogen) atoms. The standard InChI is InChI=1S/C24H25N9O/c1-4-19(21-26-10-5-11-27-21)32(3)24-29-22-20(23(34)30-24)18(12-25)31-33(22)14(2)16-8-9-17(28-13-16)15-6-7-15/h5,8-11,13-15,19H,4,6-7H2,1-3H3,(H,29,30,34). The number of aromatic nitrogens is 7. The molecule has 0 saturated heterocycles. The molecule has 10 heteroatoms. The van der Waals surface area contributed by atoms with E-state index in [0.717, 1.165) is 11.3 Å². The molecule has 10 nitrogen and oxygen atoms in total. The second-order valence-corrected chi connectivity index (χ2v) is 8.60. The Hall–Kier alpha value is -4.13. The van der Waals surface area contributed by atoms with E-state index >= 15 is 0 Å². The number of H-pyrrole nitrogens is 1. The summed E-state index contributed by atoms with van der Waals surface area (Å²) in [5, 5.41) is 14.3. The van der Waals surface area contributed by atoms with Gasteiger partial charge in [-0.2, -0.15) is 15.3 Å². The molecule has 0 radical (unpaired) electrons. The summed E-state index contributed by atoms with van der Waals surface area (Å²) < 4.78 is 1.63. The number of hydrogen-bond donors (Lipinski definition) is 1. The molecule has 5 rings (SSSR count). The fraction of sp³-hybridized carbons (Fsp3) is 0.375. The van der Waals surface area contributed by atoms with Gasteiger partial charge in [-0.05, 0) is 43.9 Å². The summed E-state index contributed by atoms with van der Waals surface area (Å²) in [6.07, 6.45) is 8.31. The average Bonchev–Trinajstić information content (AvgIpc) is 3.65. The van der Waals surface area contributed by atoms with Crippen LogP contribution in [0.1, 0.15) is 73.9 Å². The summed E-state index contributed by atoms with van der Waals surface area (Å²) in [4.78, 5) is 35.8. The van der Waals surface area contributed by atoms with Gasteiger partial charge in [0.25, 0.3) is 5.56 Å². The third-order valence-corrected chi connectivity index (χ3v) is 6.38. The highest BCUT2D eigenvalue weighted by molar-refractivity contribution is 5.81. The van der Waals surface area contributed by atoms with E-state index < -0.39 is 5.56 Å². The molecule has 4 aromatic heterocycles. The monoisotopic (exact) mass is 455 g/mol. The van der Waals surface area contributed by atoms with Gasteiger partial charge in [0.15, 0.2) is 17.2 Å². The van der Waals surface area contributed by atoms with Gasteiger partial charge >= 0.3 is 0 Å². The lowest BCUT2D eigenvalue weighted by Gasteiger charge is -2.26. The number of fused-ring (bicyclic) bond motifs is 1. The summed E-state index contributed by atoms with van der Waals surface area (Å²) >= 11 is 0. The lowest BCUT2D eigenvalue weighted by Crippen LogP contribution is -2.29. The molecular weight excluding hydrogens is 430 g/mol. The highest BCUT2D eigenvalue weighted by Gasteiger charge is 2.27. The Kier molecular flexibility index (Phi) is 5.53. The van der Waals surface area contributed by atoms with E-state index in [-0.39, 0.29) is 23.2 Å². The SMILES string of the molecule is CCC(c1ncccn1)N(C)c1nc2c(c(C#N)nn2C(C)c2ccc(C3CC3)nc2)c(=O)[nH]1. The normalized spacial score (nSPS) is 15.1. The van der Waals surface area contributed by atoms with Crippen LogP contribution in [0.4, 0.5) is 5.95 Å². The Labute approximate surface area is 196 Å². The first-order valence-electron chi connectivity index (χ1n) is 11.4. The average molecular weight is 456 g/mol. The number of hydrogen-bond acceptors (Lipinski definition) is 8. The molecule has 4 heterocycles. The summed E-state index contributed by atoms with van der Waals surface area (Å²) in [5.74, 6) is 1.56. The van der Waals surface area contributed by atoms with Gasteiger partial charge in [-0.25, -0.2) is 14.6 Å². The maximum absolute atomic E-state index is 13.1. The first-order chi connectivity index (χ1) is 16.5. The fourth-order valence-electron chi connectivity index (χ4n) is 4.24. The molecule has 172 valence electrons. The van der Waals surface area contributed by atoms with Crippen LogP contribution < -0.4 is 10.5 Å². The molecular formula is C24H25N9O. The van der Waals surface area contributed by atoms with Crippen molar-refractivity contribution in [2.45, 2.75) is 51.1 Å². The Bertz CT molecular complexity index is 1420. The van der Waals surface area contributed by atoms with Crippen molar-refractivity contribution < 1.29 is 0 Å². The van der Waals surface area contributed by atoms with Crippen LogP contribution >= 0.6 is 0 Å². The van der Waals surface area contributed by atoms with Gasteiger partial charge in [0.1, 0.15) is 11.5 Å². The van der Waals surface area contributed by atoms with Gasteiger partial charge in [0, 0.05) is 37.3 Å². The number of anilines is 1. The van der Waals surface area contributed by atoms with Crippen LogP contribution in [-0.2, 0) is 0 Å². The van der Waals surface area contributed by atoms with Crippen molar-refractivity contribution >= 4 is 17.0 Å². The van der Waals surface area contributed by atoms with Crippen LogP contribution in [0.15, 0.2) is 41.6 Å². The summed E-state index contributed by atoms with van der Waals surface area (Å²) in [6.45, 7) is 3.98. The van der Waals surface area contributed by atoms with Crippen molar-refractivity contribution in [2.75, 3.05) is 11.9 Å². The number of nitrogens with zero attached hydrogens (tertiary/aromatic N) is 8. The predicted molar refractivity (Wildman–Crippen MR) is 126 cm³/mol. The van der Waals surface area contributed by atoms with Crippen LogP contribution in [0.5, 0.6) is 0 Å². The van der Waals surface area contributed by atoms with Gasteiger partial charge in [0.2, 0.25) is 5.95 Å². The number of rotatable bonds is 7. The summed E-state index contributed by atoms with van der Waals surface area (Å²) in [7, 11) is 1.84. The second-order valence-electron chi connectivity index (χ2n) is 8.60. The molecule has 2 atom stereocenters. The molecule has 4 aromatic rings. The molecule has 2 unspecified atom stereocenters. The topological polar surface area (TPSA) is 129 Å². The minimum absolute atomic E-state index is 0.0470. The summed E-state index contributed by atoms with van der Waals surface area (Å²) in [5.41, 5.74) is 2.02. The van der Waals surface area contributed by atoms with Crippen molar-refractivity contribution in [3.05, 3.63) is 69.9 Å². The minimum atomic E-state index is -0.409. The number of nitrogens with one attached hydrogen (secondary N) is 1. The third kappa shape index (κ3) is 3.79. The van der Waals surface area contributed by atoms with E-state index in [9.17, 15) is 10.1 Å². The van der Waals surface area contributed by atoms with Crippen molar-refractivity contribution in [1.29, 1.82) is 5.26 Å². The first kappa shape index (κ1) is 21.7. The highest BCUT2D eigenvalue weighted by atomic mass is 16.1. The smallest absolute Gasteiger partial charge is 0.264 e. The van der Waals surface area contributed by atoms with Crippen molar-refractivity contribution in [2.24, 2.45) is 0 Å². The molecule has 0 amide bonds. The Morgan fingerprint density at radius 1 is 1.26 bits per heavy atom. The number of aromatic amines is 1. The highest BCUT2D eigenvalue weighted by Crippen LogP contribution is 2.39. The van der Waals surface area contributed by atoms with Crippen LogP contribution in [0.2, 0.25) is 0 Å². The first-order valence-corrected chi connectivity index (χ1v) is 11.4. The van der Waals surface area contributed by atoms with E-state index in [0.29, 0.717) is 29.8 Å². The Morgan fingerprint density at radius 3 is 2.65 bits per heavy atom. The van der Waals surface area contributed by atoms with Crippen LogP contribution in [0.25, 0.3) is 11.0 Å². The van der Waals surface area contributed by atoms with Gasteiger partial charge in [0.05, 0.1) is 12.1 Å². The molecule has 0 aromatic carbocycles. The second kappa shape index (κ2) is 8.67. The van der Waals surface area contributed by atoms with E-state index in [2.05, 4.69) is 25.0 Å². The van der Waals surface area contributed by atoms with Gasteiger partial charge in [-0.3, -0.25) is 14.8 Å². The zero-order chi connectivity index (χ0) is 23.8. The molecule has 1 fully saturated rings. The zero-order valence-corrected chi connectivity index (χ0v) is 19.3. The lowest BCUT2D eigenvalue weighted by atomic mass is 10.1. The molecule has 0 bridgehead atoms. The van der Waals surface area contributed by atoms with Crippen molar-refractivity contribution in [1.82, 2.24) is 34.7 Å². The van der Waals surface area contributed by atoms with Gasteiger partial charge in [-0.15, -0.1) is 0 Å². The van der Waals surface area contributed by atoms with Crippen LogP contribution in [-0.4, -0.2) is 41.7 Å². The van der Waals surface area contributed by atoms with Crippen molar-refractivity contribution in [3.63, 3.8) is 0 Å². The Morgan fingerprint density at radius 2 is 2.03 bits per heavy atom. The van der Waals surface area contributed by atoms with Gasteiger partial charge < -0.3 is 4.90 Å². The Balaban J connectivity index is 1.58. The van der Waals surface area contributed by atoms with Crippen molar-refractivity contribution in [3.8, 4) is 6.07 Å². The van der Waals surface area contributed by atoms with E-state index in [1.54, 1.807) is 23.1 Å². The quantitative estimate of drug-likeness (QED) is 0.449. The van der Waals surface area contributed by atoms with Gasteiger partial charge in [-0.1, -0.05) is 13.0 Å². The zero-order valence-electron chi connectivity index (χ0n) is 19.3. The lowest BCUT2D eigenvalue weighted by molar-refractivity contribution is 0.571. The number of pyridine rings is 1. The number of nitriles is 1. The van der Waals surface area contributed by atoms with E-state index in [1.807, 2.05) is 50.2 Å². The van der Waals surface area contributed by atoms with Crippen LogP contribution in [0.3, 0.4) is 0 Å². The maximum Gasteiger partial charge on any atom is 0.264 e. The maximum atomic E-state index is 13.1. The largest absolute Gasteiger partial charge is 0.335 e.